The standard InChI is InChI=1S/C37H38F5N3O4/c1-20(2)12-31(45-19-24(9-10-27-8-6-7-11-43-27)29(17-32(45)46)37(40,41)42)36(49)44-30(18-33(47)48)28-16-25(13-23(5)35(28)39)34-21(3)14-26(38)15-22(34)4/h6-8,11,13-17,19-20,30-31H,9-10,12,18H2,1-5H3,(H,44,49)(H,47,48)/t30-,31-/m0/s1. The van der Waals surface area contributed by atoms with E-state index in [2.05, 4.69) is 10.3 Å². The van der Waals surface area contributed by atoms with Gasteiger partial charge in [-0.15, -0.1) is 0 Å². The second-order valence-corrected chi connectivity index (χ2v) is 12.7. The summed E-state index contributed by atoms with van der Waals surface area (Å²) in [5.74, 6) is -3.67. The first-order chi connectivity index (χ1) is 23.0. The largest absolute Gasteiger partial charge is 0.481 e. The van der Waals surface area contributed by atoms with Crippen LogP contribution in [-0.4, -0.2) is 26.5 Å². The zero-order valence-electron chi connectivity index (χ0n) is 27.8. The molecule has 0 aliphatic rings. The second-order valence-electron chi connectivity index (χ2n) is 12.7. The number of benzene rings is 2. The molecule has 2 heterocycles. The van der Waals surface area contributed by atoms with Crippen LogP contribution in [0.5, 0.6) is 0 Å². The van der Waals surface area contributed by atoms with E-state index in [1.807, 2.05) is 0 Å². The first kappa shape index (κ1) is 37.0. The molecule has 7 nitrogen and oxygen atoms in total. The van der Waals surface area contributed by atoms with Crippen molar-refractivity contribution in [3.8, 4) is 11.1 Å². The zero-order chi connectivity index (χ0) is 36.2. The van der Waals surface area contributed by atoms with Crippen molar-refractivity contribution >= 4 is 11.9 Å². The lowest BCUT2D eigenvalue weighted by Gasteiger charge is -2.27. The maximum atomic E-state index is 15.8. The van der Waals surface area contributed by atoms with Gasteiger partial charge in [0.05, 0.1) is 18.0 Å². The fraction of sp³-hybridized carbons (Fsp3) is 0.351. The summed E-state index contributed by atoms with van der Waals surface area (Å²) >= 11 is 0. The van der Waals surface area contributed by atoms with Crippen molar-refractivity contribution in [2.45, 2.75) is 78.6 Å². The van der Waals surface area contributed by atoms with E-state index >= 15 is 4.39 Å². The fourth-order valence-corrected chi connectivity index (χ4v) is 6.14. The number of halogens is 5. The molecule has 0 aliphatic carbocycles. The summed E-state index contributed by atoms with van der Waals surface area (Å²) in [6, 6.07) is 8.31. The van der Waals surface area contributed by atoms with E-state index in [0.717, 1.165) is 10.8 Å². The van der Waals surface area contributed by atoms with Crippen molar-refractivity contribution in [3.05, 3.63) is 122 Å². The van der Waals surface area contributed by atoms with Crippen molar-refractivity contribution in [3.63, 3.8) is 0 Å². The average molecular weight is 684 g/mol. The van der Waals surface area contributed by atoms with Crippen LogP contribution in [-0.2, 0) is 28.6 Å². The Balaban J connectivity index is 1.79. The molecule has 49 heavy (non-hydrogen) atoms. The number of carboxylic acids is 1. The number of aromatic nitrogens is 2. The topological polar surface area (TPSA) is 101 Å². The Morgan fingerprint density at radius 1 is 0.959 bits per heavy atom. The summed E-state index contributed by atoms with van der Waals surface area (Å²) in [4.78, 5) is 43.4. The number of alkyl halides is 3. The molecule has 4 aromatic rings. The van der Waals surface area contributed by atoms with Gasteiger partial charge in [0.15, 0.2) is 0 Å². The van der Waals surface area contributed by atoms with Crippen LogP contribution in [0.25, 0.3) is 11.1 Å². The Bertz CT molecular complexity index is 1880. The molecule has 2 N–H and O–H groups in total. The predicted molar refractivity (Wildman–Crippen MR) is 175 cm³/mol. The number of hydrogen-bond donors (Lipinski definition) is 2. The maximum Gasteiger partial charge on any atom is 0.416 e. The number of carbonyl (C=O) groups is 2. The summed E-state index contributed by atoms with van der Waals surface area (Å²) in [6.07, 6.45) is -3.04. The highest BCUT2D eigenvalue weighted by Gasteiger charge is 2.36. The van der Waals surface area contributed by atoms with Crippen LogP contribution in [0.2, 0.25) is 0 Å². The zero-order valence-corrected chi connectivity index (χ0v) is 27.8. The minimum Gasteiger partial charge on any atom is -0.481 e. The van der Waals surface area contributed by atoms with Gasteiger partial charge >= 0.3 is 12.1 Å². The quantitative estimate of drug-likeness (QED) is 0.148. The van der Waals surface area contributed by atoms with Crippen LogP contribution in [0.3, 0.4) is 0 Å². The smallest absolute Gasteiger partial charge is 0.416 e. The van der Waals surface area contributed by atoms with Gasteiger partial charge in [0, 0.05) is 29.7 Å². The van der Waals surface area contributed by atoms with E-state index in [9.17, 15) is 37.1 Å². The second kappa shape index (κ2) is 15.1. The number of amides is 1. The number of aryl methyl sites for hydroxylation is 5. The first-order valence-electron chi connectivity index (χ1n) is 15.8. The van der Waals surface area contributed by atoms with Gasteiger partial charge in [-0.1, -0.05) is 19.9 Å². The number of pyridine rings is 2. The van der Waals surface area contributed by atoms with Crippen molar-refractivity contribution in [1.29, 1.82) is 0 Å². The molecule has 0 spiro atoms. The number of hydrogen-bond acceptors (Lipinski definition) is 4. The Morgan fingerprint density at radius 2 is 1.63 bits per heavy atom. The van der Waals surface area contributed by atoms with Crippen LogP contribution in [0.4, 0.5) is 22.0 Å². The summed E-state index contributed by atoms with van der Waals surface area (Å²) in [7, 11) is 0. The molecule has 2 aromatic heterocycles. The van der Waals surface area contributed by atoms with Crippen molar-refractivity contribution in [1.82, 2.24) is 14.9 Å². The third-order valence-corrected chi connectivity index (χ3v) is 8.32. The molecule has 0 fully saturated rings. The number of rotatable bonds is 12. The van der Waals surface area contributed by atoms with Gasteiger partial charge in [0.25, 0.3) is 5.56 Å². The molecular formula is C37H38F5N3O4. The highest BCUT2D eigenvalue weighted by Crippen LogP contribution is 2.35. The maximum absolute atomic E-state index is 15.8. The number of carbonyl (C=O) groups excluding carboxylic acids is 1. The summed E-state index contributed by atoms with van der Waals surface area (Å²) in [6.45, 7) is 8.36. The number of nitrogens with one attached hydrogen (secondary N) is 1. The van der Waals surface area contributed by atoms with Gasteiger partial charge in [-0.2, -0.15) is 13.2 Å². The number of carboxylic acid groups (broad SMARTS) is 1. The van der Waals surface area contributed by atoms with Crippen LogP contribution in [0.1, 0.15) is 77.8 Å². The highest BCUT2D eigenvalue weighted by atomic mass is 19.4. The number of nitrogens with zero attached hydrogens (tertiary/aromatic N) is 2. The number of aliphatic carboxylic acids is 1. The third-order valence-electron chi connectivity index (χ3n) is 8.32. The minimum absolute atomic E-state index is 0.00605. The summed E-state index contributed by atoms with van der Waals surface area (Å²) in [5, 5.41) is 12.4. The average Bonchev–Trinajstić information content (AvgIpc) is 2.99. The third kappa shape index (κ3) is 8.98. The molecule has 4 rings (SSSR count). The Kier molecular flexibility index (Phi) is 11.4. The van der Waals surface area contributed by atoms with Crippen LogP contribution < -0.4 is 10.9 Å². The molecule has 0 radical (unpaired) electrons. The van der Waals surface area contributed by atoms with Crippen LogP contribution >= 0.6 is 0 Å². The SMILES string of the molecule is Cc1cc(-c2c(C)cc(F)cc2C)cc([C@H](CC(=O)O)NC(=O)[C@H](CC(C)C)n2cc(CCc3ccccn3)c(C(F)(F)F)cc2=O)c1F. The molecule has 1 amide bonds. The molecule has 0 unspecified atom stereocenters. The normalized spacial score (nSPS) is 13.0. The fourth-order valence-electron chi connectivity index (χ4n) is 6.14. The summed E-state index contributed by atoms with van der Waals surface area (Å²) in [5.41, 5.74) is 0.323. The van der Waals surface area contributed by atoms with E-state index in [1.165, 1.54) is 31.3 Å². The van der Waals surface area contributed by atoms with Crippen LogP contribution in [0.15, 0.2) is 65.7 Å². The van der Waals surface area contributed by atoms with Gasteiger partial charge in [0.2, 0.25) is 5.91 Å². The lowest BCUT2D eigenvalue weighted by molar-refractivity contribution is -0.139. The van der Waals surface area contributed by atoms with E-state index in [0.29, 0.717) is 34.0 Å². The first-order valence-corrected chi connectivity index (χ1v) is 15.8. The van der Waals surface area contributed by atoms with Crippen molar-refractivity contribution in [2.24, 2.45) is 5.92 Å². The van der Waals surface area contributed by atoms with Gasteiger partial charge < -0.3 is 15.0 Å². The van der Waals surface area contributed by atoms with Gasteiger partial charge in [-0.25, -0.2) is 8.78 Å². The van der Waals surface area contributed by atoms with Crippen molar-refractivity contribution in [2.75, 3.05) is 0 Å². The molecule has 12 heteroatoms. The molecule has 0 saturated heterocycles. The highest BCUT2D eigenvalue weighted by molar-refractivity contribution is 5.82. The molecule has 2 aromatic carbocycles. The molecule has 2 atom stereocenters. The Morgan fingerprint density at radius 3 is 2.20 bits per heavy atom. The molecule has 0 saturated carbocycles. The minimum atomic E-state index is -4.85. The van der Waals surface area contributed by atoms with E-state index in [-0.39, 0.29) is 41.9 Å². The van der Waals surface area contributed by atoms with E-state index in [1.54, 1.807) is 52.0 Å². The molecule has 260 valence electrons. The monoisotopic (exact) mass is 683 g/mol. The predicted octanol–water partition coefficient (Wildman–Crippen LogP) is 7.84. The van der Waals surface area contributed by atoms with Crippen molar-refractivity contribution < 1.29 is 36.6 Å². The lowest BCUT2D eigenvalue weighted by atomic mass is 9.90. The molecule has 0 bridgehead atoms. The van der Waals surface area contributed by atoms with E-state index < -0.39 is 59.3 Å². The van der Waals surface area contributed by atoms with Gasteiger partial charge in [0.1, 0.15) is 17.7 Å². The van der Waals surface area contributed by atoms with Gasteiger partial charge in [-0.05, 0) is 116 Å². The van der Waals surface area contributed by atoms with E-state index in [4.69, 9.17) is 0 Å². The van der Waals surface area contributed by atoms with Crippen LogP contribution in [0, 0.1) is 38.3 Å². The lowest BCUT2D eigenvalue weighted by Crippen LogP contribution is -2.40. The Hall–Kier alpha value is -4.87. The Labute approximate surface area is 280 Å². The molecular weight excluding hydrogens is 645 g/mol. The molecule has 0 aliphatic heterocycles. The van der Waals surface area contributed by atoms with Gasteiger partial charge in [-0.3, -0.25) is 19.4 Å². The summed E-state index contributed by atoms with van der Waals surface area (Å²) < 4.78 is 73.0.